The van der Waals surface area contributed by atoms with Crippen molar-refractivity contribution >= 4 is 34.0 Å². The van der Waals surface area contributed by atoms with E-state index < -0.39 is 11.6 Å². The van der Waals surface area contributed by atoms with Gasteiger partial charge in [-0.3, -0.25) is 9.69 Å². The summed E-state index contributed by atoms with van der Waals surface area (Å²) in [5, 5.41) is 7.67. The van der Waals surface area contributed by atoms with Gasteiger partial charge in [-0.1, -0.05) is 72.8 Å². The van der Waals surface area contributed by atoms with Gasteiger partial charge in [-0.25, -0.2) is 9.78 Å². The maximum Gasteiger partial charge on any atom is 0.325 e. The highest BCUT2D eigenvalue weighted by Gasteiger charge is 2.49. The number of hydrogen-bond donors (Lipinski definition) is 1. The number of carbonyl (C=O) groups excluding carboxylic acids is 2. The van der Waals surface area contributed by atoms with Crippen molar-refractivity contribution in [2.24, 2.45) is 0 Å². The summed E-state index contributed by atoms with van der Waals surface area (Å²) in [6.07, 6.45) is 0. The van der Waals surface area contributed by atoms with Gasteiger partial charge in [-0.05, 0) is 23.3 Å². The molecule has 0 bridgehead atoms. The van der Waals surface area contributed by atoms with Gasteiger partial charge in [0.05, 0.1) is 12.2 Å². The van der Waals surface area contributed by atoms with E-state index in [1.165, 1.54) is 16.2 Å². The highest BCUT2D eigenvalue weighted by atomic mass is 32.1. The van der Waals surface area contributed by atoms with Gasteiger partial charge in [-0.2, -0.15) is 0 Å². The molecule has 5 nitrogen and oxygen atoms in total. The van der Waals surface area contributed by atoms with Gasteiger partial charge in [0.25, 0.3) is 5.91 Å². The lowest BCUT2D eigenvalue weighted by Gasteiger charge is -2.24. The Bertz CT molecular complexity index is 1260. The van der Waals surface area contributed by atoms with E-state index in [1.54, 1.807) is 6.92 Å². The number of fused-ring (bicyclic) bond motifs is 1. The maximum atomic E-state index is 13.4. The Kier molecular flexibility index (Phi) is 4.37. The number of rotatable bonds is 4. The molecule has 148 valence electrons. The zero-order valence-corrected chi connectivity index (χ0v) is 17.1. The van der Waals surface area contributed by atoms with Crippen molar-refractivity contribution in [3.8, 4) is 10.6 Å². The minimum atomic E-state index is -1.11. The second kappa shape index (κ2) is 7.07. The molecule has 1 aliphatic rings. The fourth-order valence-corrected chi connectivity index (χ4v) is 4.76. The molecule has 1 N–H and O–H groups in total. The largest absolute Gasteiger partial charge is 0.325 e. The second-order valence-corrected chi connectivity index (χ2v) is 8.34. The summed E-state index contributed by atoms with van der Waals surface area (Å²) in [5.74, 6) is -0.266. The van der Waals surface area contributed by atoms with Crippen LogP contribution >= 0.6 is 11.3 Å². The van der Waals surface area contributed by atoms with Gasteiger partial charge < -0.3 is 5.32 Å². The van der Waals surface area contributed by atoms with E-state index in [1.807, 2.05) is 78.2 Å². The number of nitrogens with zero attached hydrogens (tertiary/aromatic N) is 2. The summed E-state index contributed by atoms with van der Waals surface area (Å²) in [4.78, 5) is 32.0. The van der Waals surface area contributed by atoms with Gasteiger partial charge >= 0.3 is 6.03 Å². The highest BCUT2D eigenvalue weighted by Crippen LogP contribution is 2.34. The van der Waals surface area contributed by atoms with Crippen LogP contribution in [0.1, 0.15) is 18.2 Å². The normalized spacial score (nSPS) is 18.8. The molecule has 1 aromatic heterocycles. The molecule has 1 saturated heterocycles. The molecule has 0 radical (unpaired) electrons. The van der Waals surface area contributed by atoms with E-state index in [0.717, 1.165) is 26.9 Å². The van der Waals surface area contributed by atoms with E-state index in [4.69, 9.17) is 0 Å². The SMILES string of the molecule is CC1(c2cccc3ccccc23)NC(=O)N(Cc2csc(-c3ccccc3)n2)C1=O. The molecule has 5 rings (SSSR count). The topological polar surface area (TPSA) is 62.3 Å². The summed E-state index contributed by atoms with van der Waals surface area (Å²) < 4.78 is 0. The lowest BCUT2D eigenvalue weighted by molar-refractivity contribution is -0.131. The van der Waals surface area contributed by atoms with Gasteiger partial charge in [0, 0.05) is 10.9 Å². The zero-order valence-electron chi connectivity index (χ0n) is 16.3. The van der Waals surface area contributed by atoms with Gasteiger partial charge in [0.2, 0.25) is 0 Å². The first-order chi connectivity index (χ1) is 14.6. The molecule has 1 fully saturated rings. The van der Waals surface area contributed by atoms with Crippen LogP contribution in [0.15, 0.2) is 78.2 Å². The predicted octanol–water partition coefficient (Wildman–Crippen LogP) is 4.93. The van der Waals surface area contributed by atoms with Crippen molar-refractivity contribution < 1.29 is 9.59 Å². The summed E-state index contributed by atoms with van der Waals surface area (Å²) in [6, 6.07) is 23.2. The minimum absolute atomic E-state index is 0.147. The lowest BCUT2D eigenvalue weighted by Crippen LogP contribution is -2.41. The standard InChI is InChI=1S/C24H19N3O2S/c1-24(20-13-7-11-16-8-5-6-12-19(16)20)22(28)27(23(29)26-24)14-18-15-30-21(25-18)17-9-3-2-4-10-17/h2-13,15H,14H2,1H3,(H,26,29). The van der Waals surface area contributed by atoms with Crippen LogP contribution in [-0.4, -0.2) is 21.8 Å². The number of urea groups is 1. The van der Waals surface area contributed by atoms with Gasteiger partial charge in [-0.15, -0.1) is 11.3 Å². The van der Waals surface area contributed by atoms with Crippen molar-refractivity contribution in [2.75, 3.05) is 0 Å². The second-order valence-electron chi connectivity index (χ2n) is 7.48. The Morgan fingerprint density at radius 3 is 2.53 bits per heavy atom. The molecular formula is C24H19N3O2S. The minimum Gasteiger partial charge on any atom is -0.319 e. The summed E-state index contributed by atoms with van der Waals surface area (Å²) in [6.45, 7) is 1.92. The smallest absolute Gasteiger partial charge is 0.319 e. The Morgan fingerprint density at radius 2 is 1.70 bits per heavy atom. The van der Waals surface area contributed by atoms with Crippen LogP contribution in [0.4, 0.5) is 4.79 Å². The fourth-order valence-electron chi connectivity index (χ4n) is 3.94. The number of amides is 3. The van der Waals surface area contributed by atoms with Crippen molar-refractivity contribution in [1.29, 1.82) is 0 Å². The van der Waals surface area contributed by atoms with E-state index in [9.17, 15) is 9.59 Å². The quantitative estimate of drug-likeness (QED) is 0.483. The van der Waals surface area contributed by atoms with E-state index in [-0.39, 0.29) is 12.5 Å². The molecule has 1 unspecified atom stereocenters. The Balaban J connectivity index is 1.45. The van der Waals surface area contributed by atoms with Crippen molar-refractivity contribution in [3.05, 3.63) is 89.4 Å². The third-order valence-corrected chi connectivity index (χ3v) is 6.44. The molecule has 30 heavy (non-hydrogen) atoms. The summed E-state index contributed by atoms with van der Waals surface area (Å²) in [7, 11) is 0. The molecule has 0 spiro atoms. The molecule has 6 heteroatoms. The fraction of sp³-hybridized carbons (Fsp3) is 0.125. The first kappa shape index (κ1) is 18.5. The van der Waals surface area contributed by atoms with Crippen LogP contribution in [0, 0.1) is 0 Å². The molecular weight excluding hydrogens is 394 g/mol. The lowest BCUT2D eigenvalue weighted by atomic mass is 9.88. The Labute approximate surface area is 178 Å². The average molecular weight is 414 g/mol. The summed E-state index contributed by atoms with van der Waals surface area (Å²) in [5.41, 5.74) is 1.40. The summed E-state index contributed by atoms with van der Waals surface area (Å²) >= 11 is 1.51. The molecule has 1 atom stereocenters. The molecule has 0 aliphatic carbocycles. The van der Waals surface area contributed by atoms with Gasteiger partial charge in [0.1, 0.15) is 10.5 Å². The number of aromatic nitrogens is 1. The van der Waals surface area contributed by atoms with Crippen molar-refractivity contribution in [1.82, 2.24) is 15.2 Å². The highest BCUT2D eigenvalue weighted by molar-refractivity contribution is 7.13. The molecule has 0 saturated carbocycles. The van der Waals surface area contributed by atoms with Gasteiger partial charge in [0.15, 0.2) is 0 Å². The number of benzene rings is 3. The molecule has 2 heterocycles. The number of imide groups is 1. The predicted molar refractivity (Wildman–Crippen MR) is 118 cm³/mol. The van der Waals surface area contributed by atoms with Crippen molar-refractivity contribution in [2.45, 2.75) is 19.0 Å². The van der Waals surface area contributed by atoms with Crippen LogP contribution in [-0.2, 0) is 16.9 Å². The first-order valence-corrected chi connectivity index (χ1v) is 10.6. The number of nitrogens with one attached hydrogen (secondary N) is 1. The van der Waals surface area contributed by atoms with E-state index in [0.29, 0.717) is 5.69 Å². The monoisotopic (exact) mass is 413 g/mol. The third-order valence-electron chi connectivity index (χ3n) is 5.50. The number of carbonyl (C=O) groups is 2. The van der Waals surface area contributed by atoms with Crippen LogP contribution in [0.25, 0.3) is 21.3 Å². The molecule has 3 amide bonds. The van der Waals surface area contributed by atoms with Crippen LogP contribution in [0.3, 0.4) is 0 Å². The van der Waals surface area contributed by atoms with Crippen LogP contribution in [0.2, 0.25) is 0 Å². The average Bonchev–Trinajstić information content (AvgIpc) is 3.33. The third kappa shape index (κ3) is 2.97. The van der Waals surface area contributed by atoms with Crippen molar-refractivity contribution in [3.63, 3.8) is 0 Å². The Morgan fingerprint density at radius 1 is 0.967 bits per heavy atom. The molecule has 3 aromatic carbocycles. The van der Waals surface area contributed by atoms with E-state index in [2.05, 4.69) is 10.3 Å². The van der Waals surface area contributed by atoms with Crippen LogP contribution in [0.5, 0.6) is 0 Å². The number of hydrogen-bond acceptors (Lipinski definition) is 4. The first-order valence-electron chi connectivity index (χ1n) is 9.68. The zero-order chi connectivity index (χ0) is 20.7. The number of thiazole rings is 1. The molecule has 4 aromatic rings. The molecule has 1 aliphatic heterocycles. The van der Waals surface area contributed by atoms with Crippen LogP contribution < -0.4 is 5.32 Å². The Hall–Kier alpha value is -3.51. The maximum absolute atomic E-state index is 13.4. The van der Waals surface area contributed by atoms with E-state index >= 15 is 0 Å².